The van der Waals surface area contributed by atoms with Crippen LogP contribution in [0.15, 0.2) is 18.3 Å². The largest absolute Gasteiger partial charge is 0.453 e. The highest BCUT2D eigenvalue weighted by atomic mass is 19.3. The maximum absolute atomic E-state index is 12.4. The van der Waals surface area contributed by atoms with E-state index in [1.807, 2.05) is 0 Å². The van der Waals surface area contributed by atoms with Gasteiger partial charge in [0.25, 0.3) is 12.3 Å². The summed E-state index contributed by atoms with van der Waals surface area (Å²) in [4.78, 5) is 14.0. The summed E-state index contributed by atoms with van der Waals surface area (Å²) in [7, 11) is 0. The first-order chi connectivity index (χ1) is 7.00. The molecule has 1 aromatic rings. The van der Waals surface area contributed by atoms with Crippen molar-refractivity contribution in [1.82, 2.24) is 4.98 Å². The van der Waals surface area contributed by atoms with Crippen molar-refractivity contribution in [2.75, 3.05) is 0 Å². The molecular formula is C8H7F3N2O2. The Labute approximate surface area is 82.9 Å². The van der Waals surface area contributed by atoms with E-state index in [0.29, 0.717) is 0 Å². The van der Waals surface area contributed by atoms with Crippen molar-refractivity contribution >= 4 is 5.91 Å². The van der Waals surface area contributed by atoms with E-state index in [9.17, 15) is 18.0 Å². The second kappa shape index (κ2) is 4.63. The van der Waals surface area contributed by atoms with Gasteiger partial charge in [0.15, 0.2) is 0 Å². The molecule has 1 rings (SSSR count). The third-order valence-electron chi connectivity index (χ3n) is 1.44. The van der Waals surface area contributed by atoms with Gasteiger partial charge >= 0.3 is 6.43 Å². The average molecular weight is 220 g/mol. The lowest BCUT2D eigenvalue weighted by molar-refractivity contribution is -0.0670. The summed E-state index contributed by atoms with van der Waals surface area (Å²) in [5.41, 5.74) is 4.82. The zero-order valence-electron chi connectivity index (χ0n) is 7.36. The first-order valence-electron chi connectivity index (χ1n) is 3.85. The van der Waals surface area contributed by atoms with Crippen LogP contribution in [0.5, 0.6) is 5.75 Å². The zero-order chi connectivity index (χ0) is 11.4. The van der Waals surface area contributed by atoms with E-state index in [-0.39, 0.29) is 11.4 Å². The molecule has 0 aliphatic carbocycles. The van der Waals surface area contributed by atoms with Crippen molar-refractivity contribution in [2.45, 2.75) is 12.8 Å². The Morgan fingerprint density at radius 1 is 1.40 bits per heavy atom. The number of halogens is 3. The van der Waals surface area contributed by atoms with Gasteiger partial charge in [0, 0.05) is 0 Å². The molecule has 0 aromatic carbocycles. The lowest BCUT2D eigenvalue weighted by Gasteiger charge is -2.09. The minimum atomic E-state index is -3.24. The second-order valence-corrected chi connectivity index (χ2v) is 2.55. The van der Waals surface area contributed by atoms with Crippen LogP contribution in [0, 0.1) is 0 Å². The van der Waals surface area contributed by atoms with Gasteiger partial charge in [-0.25, -0.2) is 13.8 Å². The van der Waals surface area contributed by atoms with Gasteiger partial charge in [0.1, 0.15) is 11.4 Å². The van der Waals surface area contributed by atoms with Crippen LogP contribution in [0.1, 0.15) is 10.5 Å². The smallest absolute Gasteiger partial charge is 0.304 e. The lowest BCUT2D eigenvalue weighted by atomic mass is 10.3. The fraction of sp³-hybridized carbons (Fsp3) is 0.250. The minimum Gasteiger partial charge on any atom is -0.453 e. The van der Waals surface area contributed by atoms with Crippen LogP contribution in [0.3, 0.4) is 0 Å². The van der Waals surface area contributed by atoms with Crippen LogP contribution in [-0.4, -0.2) is 23.7 Å². The van der Waals surface area contributed by atoms with Gasteiger partial charge in [-0.1, -0.05) is 0 Å². The summed E-state index contributed by atoms with van der Waals surface area (Å²) in [5, 5.41) is 0. The normalized spacial score (nSPS) is 12.5. The number of alkyl halides is 3. The first-order valence-corrected chi connectivity index (χ1v) is 3.85. The molecule has 0 fully saturated rings. The number of amides is 1. The third kappa shape index (κ3) is 3.12. The fourth-order valence-electron chi connectivity index (χ4n) is 0.777. The highest BCUT2D eigenvalue weighted by Gasteiger charge is 2.20. The molecule has 1 atom stereocenters. The Kier molecular flexibility index (Phi) is 3.48. The number of ether oxygens (including phenoxy) is 1. The van der Waals surface area contributed by atoms with Gasteiger partial charge in [-0.15, -0.1) is 0 Å². The molecule has 0 radical (unpaired) electrons. The molecule has 0 spiro atoms. The van der Waals surface area contributed by atoms with Crippen molar-refractivity contribution in [2.24, 2.45) is 5.73 Å². The molecule has 0 aliphatic rings. The topological polar surface area (TPSA) is 65.2 Å². The number of carbonyl (C=O) groups excluding carboxylic acids is 1. The predicted octanol–water partition coefficient (Wildman–Crippen LogP) is 1.12. The minimum absolute atomic E-state index is 0.0604. The van der Waals surface area contributed by atoms with E-state index in [1.54, 1.807) is 0 Å². The molecule has 0 bridgehead atoms. The summed E-state index contributed by atoms with van der Waals surface area (Å²) >= 11 is 0. The van der Waals surface area contributed by atoms with E-state index >= 15 is 0 Å². The highest BCUT2D eigenvalue weighted by molar-refractivity contribution is 5.90. The van der Waals surface area contributed by atoms with E-state index in [0.717, 1.165) is 18.3 Å². The number of nitrogens with two attached hydrogens (primary N) is 1. The molecule has 1 amide bonds. The Hall–Kier alpha value is -1.79. The monoisotopic (exact) mass is 220 g/mol. The predicted molar refractivity (Wildman–Crippen MR) is 44.3 cm³/mol. The molecule has 2 N–H and O–H groups in total. The number of primary amides is 1. The molecule has 1 aromatic heterocycles. The van der Waals surface area contributed by atoms with Crippen molar-refractivity contribution in [3.05, 3.63) is 24.0 Å². The van der Waals surface area contributed by atoms with Gasteiger partial charge in [-0.2, -0.15) is 4.39 Å². The van der Waals surface area contributed by atoms with Crippen LogP contribution < -0.4 is 10.5 Å². The molecule has 4 nitrogen and oxygen atoms in total. The number of aromatic nitrogens is 1. The summed E-state index contributed by atoms with van der Waals surface area (Å²) in [5.74, 6) is -0.972. The van der Waals surface area contributed by atoms with Crippen LogP contribution in [-0.2, 0) is 0 Å². The molecule has 82 valence electrons. The molecule has 0 saturated heterocycles. The van der Waals surface area contributed by atoms with Gasteiger partial charge in [0.05, 0.1) is 6.20 Å². The van der Waals surface area contributed by atoms with Crippen molar-refractivity contribution in [3.63, 3.8) is 0 Å². The summed E-state index contributed by atoms with van der Waals surface area (Å²) in [6.45, 7) is 0. The van der Waals surface area contributed by atoms with Crippen molar-refractivity contribution < 1.29 is 22.7 Å². The quantitative estimate of drug-likeness (QED) is 0.826. The molecule has 0 aliphatic heterocycles. The Morgan fingerprint density at radius 2 is 2.07 bits per heavy atom. The molecule has 1 unspecified atom stereocenters. The van der Waals surface area contributed by atoms with E-state index in [4.69, 9.17) is 5.73 Å². The van der Waals surface area contributed by atoms with Crippen LogP contribution in [0.2, 0.25) is 0 Å². The standard InChI is InChI=1S/C8H7F3N2O2/c9-6(10)7(11)15-4-1-2-5(8(12)14)13-3-4/h1-3,6-7H,(H2,12,14). The Bertz CT molecular complexity index is 342. The Morgan fingerprint density at radius 3 is 2.47 bits per heavy atom. The zero-order valence-corrected chi connectivity index (χ0v) is 7.36. The van der Waals surface area contributed by atoms with E-state index in [2.05, 4.69) is 9.72 Å². The maximum Gasteiger partial charge on any atom is 0.304 e. The van der Waals surface area contributed by atoms with Crippen molar-refractivity contribution in [1.29, 1.82) is 0 Å². The number of nitrogens with zero attached hydrogens (tertiary/aromatic N) is 1. The summed E-state index contributed by atoms with van der Waals surface area (Å²) in [6, 6.07) is 2.28. The van der Waals surface area contributed by atoms with E-state index in [1.165, 1.54) is 0 Å². The molecule has 15 heavy (non-hydrogen) atoms. The molecule has 0 saturated carbocycles. The van der Waals surface area contributed by atoms with Crippen molar-refractivity contribution in [3.8, 4) is 5.75 Å². The second-order valence-electron chi connectivity index (χ2n) is 2.55. The number of hydrogen-bond donors (Lipinski definition) is 1. The number of carbonyl (C=O) groups is 1. The number of pyridine rings is 1. The lowest BCUT2D eigenvalue weighted by Crippen LogP contribution is -2.20. The maximum atomic E-state index is 12.4. The fourth-order valence-corrected chi connectivity index (χ4v) is 0.777. The van der Waals surface area contributed by atoms with Gasteiger partial charge < -0.3 is 10.5 Å². The number of hydrogen-bond acceptors (Lipinski definition) is 3. The molecule has 7 heteroatoms. The van der Waals surface area contributed by atoms with E-state index < -0.39 is 18.7 Å². The molecular weight excluding hydrogens is 213 g/mol. The summed E-state index contributed by atoms with van der Waals surface area (Å²) in [6.07, 6.45) is -5.01. The SMILES string of the molecule is NC(=O)c1ccc(OC(F)C(F)F)cn1. The number of rotatable bonds is 4. The highest BCUT2D eigenvalue weighted by Crippen LogP contribution is 2.15. The van der Waals surface area contributed by atoms with Gasteiger partial charge in [0.2, 0.25) is 0 Å². The average Bonchev–Trinajstić information content (AvgIpc) is 2.18. The summed E-state index contributed by atoms with van der Waals surface area (Å²) < 4.78 is 40.0. The third-order valence-corrected chi connectivity index (χ3v) is 1.44. The van der Waals surface area contributed by atoms with Crippen LogP contribution >= 0.6 is 0 Å². The Balaban J connectivity index is 2.68. The van der Waals surface area contributed by atoms with Crippen LogP contribution in [0.4, 0.5) is 13.2 Å². The first kappa shape index (κ1) is 11.3. The van der Waals surface area contributed by atoms with Gasteiger partial charge in [-0.05, 0) is 12.1 Å². The van der Waals surface area contributed by atoms with Gasteiger partial charge in [-0.3, -0.25) is 4.79 Å². The molecule has 1 heterocycles. The van der Waals surface area contributed by atoms with Crippen LogP contribution in [0.25, 0.3) is 0 Å².